The molecule has 2 aliphatic carbocycles. The molecule has 71 heavy (non-hydrogen) atoms. The van der Waals surface area contributed by atoms with Gasteiger partial charge in [0.2, 0.25) is 0 Å². The molecule has 0 fully saturated rings. The van der Waals surface area contributed by atoms with E-state index >= 15 is 0 Å². The summed E-state index contributed by atoms with van der Waals surface area (Å²) in [5.41, 5.74) is -1.41. The summed E-state index contributed by atoms with van der Waals surface area (Å²) in [5.74, 6) is 0. The number of anilines is 6. The molecule has 0 N–H and O–H groups in total. The lowest BCUT2D eigenvalue weighted by Gasteiger charge is -2.41. The van der Waals surface area contributed by atoms with E-state index in [4.69, 9.17) is 0 Å². The lowest BCUT2D eigenvalue weighted by molar-refractivity contribution is -0.144. The van der Waals surface area contributed by atoms with Crippen LogP contribution in [0.5, 0.6) is 0 Å². The van der Waals surface area contributed by atoms with E-state index < -0.39 is 63.7 Å². The van der Waals surface area contributed by atoms with Crippen LogP contribution >= 0.6 is 0 Å². The van der Waals surface area contributed by atoms with Crippen molar-refractivity contribution < 1.29 is 52.7 Å². The number of fused-ring (bicyclic) bond motifs is 9. The highest BCUT2D eigenvalue weighted by Crippen LogP contribution is 2.63. The van der Waals surface area contributed by atoms with E-state index in [0.717, 1.165) is 22.3 Å². The summed E-state index contributed by atoms with van der Waals surface area (Å²) in [6.07, 6.45) is -20.6. The van der Waals surface area contributed by atoms with Gasteiger partial charge in [0.15, 0.2) is 0 Å². The first-order valence-corrected chi connectivity index (χ1v) is 21.9. The van der Waals surface area contributed by atoms with Crippen LogP contribution in [0.4, 0.5) is 86.8 Å². The Morgan fingerprint density at radius 1 is 0.282 bits per heavy atom. The molecule has 1 spiro atoms. The molecule has 0 amide bonds. The van der Waals surface area contributed by atoms with Crippen LogP contribution in [0.3, 0.4) is 0 Å². The largest absolute Gasteiger partial charge is 0.416 e. The molecule has 0 bridgehead atoms. The summed E-state index contributed by atoms with van der Waals surface area (Å²) in [7, 11) is 0. The van der Waals surface area contributed by atoms with Crippen molar-refractivity contribution in [2.75, 3.05) is 9.80 Å². The summed E-state index contributed by atoms with van der Waals surface area (Å²) < 4.78 is 174. The molecule has 0 saturated heterocycles. The standard InChI is InChI=1S/C57H32F12N2/c58-54(59,60)33-26-34(55(61,62)63)29-40(28-33)70(37-12-3-1-4-13-37)39-22-23-44-45-24-25-51(71(38-14-5-2-6-15-38)41-30-35(56(64,65)66)27-36(31-41)57(67,68)69)46-18-11-21-49(52(45)46)53(50(44)32-39)47-19-9-7-16-42(47)43-17-8-10-20-48(43)53/h1-32H. The summed E-state index contributed by atoms with van der Waals surface area (Å²) in [6.45, 7) is 0. The van der Waals surface area contributed by atoms with Crippen LogP contribution in [-0.4, -0.2) is 0 Å². The Morgan fingerprint density at radius 3 is 1.18 bits per heavy atom. The second kappa shape index (κ2) is 16.0. The molecule has 0 heterocycles. The number of hydrogen-bond donors (Lipinski definition) is 0. The smallest absolute Gasteiger partial charge is 0.310 e. The first-order valence-electron chi connectivity index (χ1n) is 21.9. The zero-order valence-corrected chi connectivity index (χ0v) is 36.4. The minimum Gasteiger partial charge on any atom is -0.310 e. The molecular weight excluding hydrogens is 941 g/mol. The van der Waals surface area contributed by atoms with Gasteiger partial charge in [0, 0.05) is 33.8 Å². The van der Waals surface area contributed by atoms with Crippen LogP contribution in [0.15, 0.2) is 194 Å². The number of benzene rings is 9. The van der Waals surface area contributed by atoms with Gasteiger partial charge in [0.05, 0.1) is 33.4 Å². The molecule has 0 radical (unpaired) electrons. The van der Waals surface area contributed by atoms with E-state index in [9.17, 15) is 52.7 Å². The van der Waals surface area contributed by atoms with Crippen molar-refractivity contribution in [3.05, 3.63) is 239 Å². The maximum atomic E-state index is 14.5. The number of halogens is 12. The van der Waals surface area contributed by atoms with Crippen molar-refractivity contribution in [2.24, 2.45) is 0 Å². The third-order valence-electron chi connectivity index (χ3n) is 13.3. The molecular formula is C57H32F12N2. The molecule has 9 aromatic carbocycles. The number of nitrogens with zero attached hydrogens (tertiary/aromatic N) is 2. The Morgan fingerprint density at radius 2 is 0.690 bits per heavy atom. The number of hydrogen-bond acceptors (Lipinski definition) is 2. The Hall–Kier alpha value is -8.00. The van der Waals surface area contributed by atoms with Crippen LogP contribution in [-0.2, 0) is 30.1 Å². The average molecular weight is 973 g/mol. The van der Waals surface area contributed by atoms with Gasteiger partial charge in [-0.3, -0.25) is 0 Å². The van der Waals surface area contributed by atoms with Crippen molar-refractivity contribution in [2.45, 2.75) is 30.1 Å². The monoisotopic (exact) mass is 972 g/mol. The predicted octanol–water partition coefficient (Wildman–Crippen LogP) is 18.2. The third kappa shape index (κ3) is 7.37. The molecule has 0 saturated carbocycles. The maximum Gasteiger partial charge on any atom is 0.416 e. The van der Waals surface area contributed by atoms with E-state index in [0.29, 0.717) is 57.3 Å². The molecule has 14 heteroatoms. The van der Waals surface area contributed by atoms with Gasteiger partial charge in [-0.05, 0) is 129 Å². The quantitative estimate of drug-likeness (QED) is 0.153. The molecule has 2 aliphatic rings. The number of rotatable bonds is 6. The van der Waals surface area contributed by atoms with E-state index in [1.807, 2.05) is 54.6 Å². The zero-order chi connectivity index (χ0) is 49.8. The van der Waals surface area contributed by atoms with E-state index in [1.54, 1.807) is 103 Å². The van der Waals surface area contributed by atoms with Gasteiger partial charge < -0.3 is 9.80 Å². The second-order valence-electron chi connectivity index (χ2n) is 17.3. The molecule has 0 atom stereocenters. The van der Waals surface area contributed by atoms with Crippen LogP contribution in [0.1, 0.15) is 44.5 Å². The van der Waals surface area contributed by atoms with Crippen molar-refractivity contribution >= 4 is 44.9 Å². The lowest BCUT2D eigenvalue weighted by Crippen LogP contribution is -2.32. The van der Waals surface area contributed by atoms with Gasteiger partial charge in [-0.2, -0.15) is 52.7 Å². The molecule has 354 valence electrons. The second-order valence-corrected chi connectivity index (χ2v) is 17.3. The first kappa shape index (κ1) is 45.4. The average Bonchev–Trinajstić information content (AvgIpc) is 3.64. The van der Waals surface area contributed by atoms with E-state index in [2.05, 4.69) is 0 Å². The minimum absolute atomic E-state index is 0.0773. The van der Waals surface area contributed by atoms with Gasteiger partial charge in [-0.25, -0.2) is 0 Å². The SMILES string of the molecule is FC(F)(F)c1cc(N(c2ccccc2)c2ccc3c(c2)C2(c4ccccc4-c4ccccc42)c2cccc4c(N(c5ccccc5)c5cc(C(F)(F)F)cc(C(F)(F)F)c5)ccc-3c24)cc(C(F)(F)F)c1. The van der Waals surface area contributed by atoms with Gasteiger partial charge in [0.25, 0.3) is 0 Å². The van der Waals surface area contributed by atoms with Crippen LogP contribution in [0.2, 0.25) is 0 Å². The fourth-order valence-corrected chi connectivity index (χ4v) is 10.5. The Kier molecular flexibility index (Phi) is 10.3. The number of alkyl halides is 12. The maximum absolute atomic E-state index is 14.5. The summed E-state index contributed by atoms with van der Waals surface area (Å²) in [5, 5.41) is 1.06. The molecule has 0 unspecified atom stereocenters. The van der Waals surface area contributed by atoms with Gasteiger partial charge in [0.1, 0.15) is 0 Å². The normalized spacial score (nSPS) is 13.7. The summed E-state index contributed by atoms with van der Waals surface area (Å²) in [6, 6.07) is 48.0. The Labute approximate surface area is 397 Å². The Balaban J connectivity index is 1.23. The lowest BCUT2D eigenvalue weighted by atomic mass is 9.61. The van der Waals surface area contributed by atoms with Gasteiger partial charge in [-0.1, -0.05) is 115 Å². The predicted molar refractivity (Wildman–Crippen MR) is 250 cm³/mol. The van der Waals surface area contributed by atoms with Gasteiger partial charge in [-0.15, -0.1) is 0 Å². The zero-order valence-electron chi connectivity index (χ0n) is 36.4. The summed E-state index contributed by atoms with van der Waals surface area (Å²) >= 11 is 0. The molecule has 0 aromatic heterocycles. The molecule has 11 rings (SSSR count). The van der Waals surface area contributed by atoms with Crippen molar-refractivity contribution in [3.8, 4) is 22.3 Å². The van der Waals surface area contributed by atoms with E-state index in [1.165, 1.54) is 9.80 Å². The molecule has 2 nitrogen and oxygen atoms in total. The van der Waals surface area contributed by atoms with Crippen LogP contribution in [0.25, 0.3) is 33.0 Å². The molecule has 0 aliphatic heterocycles. The van der Waals surface area contributed by atoms with E-state index in [-0.39, 0.29) is 34.9 Å². The van der Waals surface area contributed by atoms with Crippen LogP contribution < -0.4 is 9.80 Å². The van der Waals surface area contributed by atoms with Crippen molar-refractivity contribution in [1.29, 1.82) is 0 Å². The van der Waals surface area contributed by atoms with Crippen molar-refractivity contribution in [3.63, 3.8) is 0 Å². The van der Waals surface area contributed by atoms with Crippen LogP contribution in [0, 0.1) is 0 Å². The van der Waals surface area contributed by atoms with Crippen molar-refractivity contribution in [1.82, 2.24) is 0 Å². The highest BCUT2D eigenvalue weighted by atomic mass is 19.4. The highest BCUT2D eigenvalue weighted by molar-refractivity contribution is 6.12. The fraction of sp³-hybridized carbons (Fsp3) is 0.0877. The first-order chi connectivity index (χ1) is 33.7. The minimum atomic E-state index is -5.14. The highest BCUT2D eigenvalue weighted by Gasteiger charge is 2.51. The van der Waals surface area contributed by atoms with Gasteiger partial charge >= 0.3 is 24.7 Å². The molecule has 9 aromatic rings. The topological polar surface area (TPSA) is 6.48 Å². The third-order valence-corrected chi connectivity index (χ3v) is 13.3. The fourth-order valence-electron chi connectivity index (χ4n) is 10.5. The Bertz CT molecular complexity index is 3450. The number of para-hydroxylation sites is 2. The summed E-state index contributed by atoms with van der Waals surface area (Å²) in [4.78, 5) is 2.70.